The van der Waals surface area contributed by atoms with Gasteiger partial charge in [-0.05, 0) is 32.3 Å². The number of carboxylic acids is 1. The van der Waals surface area contributed by atoms with E-state index in [0.29, 0.717) is 12.4 Å². The van der Waals surface area contributed by atoms with Crippen LogP contribution in [0.15, 0.2) is 12.3 Å². The summed E-state index contributed by atoms with van der Waals surface area (Å²) >= 11 is 0. The van der Waals surface area contributed by atoms with Gasteiger partial charge in [-0.15, -0.1) is 0 Å². The van der Waals surface area contributed by atoms with Crippen LogP contribution in [0.5, 0.6) is 0 Å². The Kier molecular flexibility index (Phi) is 3.03. The van der Waals surface area contributed by atoms with Crippen molar-refractivity contribution in [2.24, 2.45) is 0 Å². The Labute approximate surface area is 94.1 Å². The number of carboxylic acid groups (broad SMARTS) is 1. The number of nitrogens with zero attached hydrogens (tertiary/aromatic N) is 3. The third-order valence-electron chi connectivity index (χ3n) is 2.83. The van der Waals surface area contributed by atoms with Crippen LogP contribution in [-0.4, -0.2) is 33.6 Å². The molecule has 2 heterocycles. The summed E-state index contributed by atoms with van der Waals surface area (Å²) in [6, 6.07) is 1.33. The Balaban J connectivity index is 2.26. The van der Waals surface area contributed by atoms with E-state index in [0.717, 1.165) is 25.1 Å². The van der Waals surface area contributed by atoms with Gasteiger partial charge >= 0.3 is 5.97 Å². The Morgan fingerprint density at radius 3 is 3.06 bits per heavy atom. The van der Waals surface area contributed by atoms with Gasteiger partial charge in [0.15, 0.2) is 0 Å². The standard InChI is InChI=1S/C11H15N3O2/c1-8-5-6-12-11(13-8)14-7-3-2-4-9(14)10(15)16/h5-6,9H,2-4,7H2,1H3,(H,15,16)/t9-/m1/s1. The predicted octanol–water partition coefficient (Wildman–Crippen LogP) is 1.23. The van der Waals surface area contributed by atoms with E-state index in [1.54, 1.807) is 11.1 Å². The number of aryl methyl sites for hydroxylation is 1. The highest BCUT2D eigenvalue weighted by molar-refractivity contribution is 5.77. The Morgan fingerprint density at radius 1 is 1.56 bits per heavy atom. The first-order valence-electron chi connectivity index (χ1n) is 5.47. The Morgan fingerprint density at radius 2 is 2.38 bits per heavy atom. The van der Waals surface area contributed by atoms with Crippen LogP contribution in [0, 0.1) is 6.92 Å². The number of aliphatic carboxylic acids is 1. The minimum absolute atomic E-state index is 0.476. The first-order valence-corrected chi connectivity index (χ1v) is 5.47. The topological polar surface area (TPSA) is 66.3 Å². The van der Waals surface area contributed by atoms with E-state index >= 15 is 0 Å². The fourth-order valence-corrected chi connectivity index (χ4v) is 2.00. The second-order valence-corrected chi connectivity index (χ2v) is 4.04. The molecule has 1 aliphatic rings. The summed E-state index contributed by atoms with van der Waals surface area (Å²) in [5.74, 6) is -0.253. The lowest BCUT2D eigenvalue weighted by Crippen LogP contribution is -2.45. The van der Waals surface area contributed by atoms with Crippen molar-refractivity contribution in [1.29, 1.82) is 0 Å². The molecule has 1 atom stereocenters. The largest absolute Gasteiger partial charge is 0.480 e. The van der Waals surface area contributed by atoms with Crippen LogP contribution < -0.4 is 4.90 Å². The minimum Gasteiger partial charge on any atom is -0.480 e. The highest BCUT2D eigenvalue weighted by Gasteiger charge is 2.29. The molecule has 5 nitrogen and oxygen atoms in total. The van der Waals surface area contributed by atoms with Crippen molar-refractivity contribution in [3.63, 3.8) is 0 Å². The van der Waals surface area contributed by atoms with Gasteiger partial charge < -0.3 is 10.0 Å². The molecule has 1 fully saturated rings. The molecule has 86 valence electrons. The van der Waals surface area contributed by atoms with Crippen molar-refractivity contribution in [2.75, 3.05) is 11.4 Å². The Hall–Kier alpha value is -1.65. The summed E-state index contributed by atoms with van der Waals surface area (Å²) < 4.78 is 0. The van der Waals surface area contributed by atoms with Gasteiger partial charge in [0.2, 0.25) is 5.95 Å². The lowest BCUT2D eigenvalue weighted by molar-refractivity contribution is -0.139. The fourth-order valence-electron chi connectivity index (χ4n) is 2.00. The van der Waals surface area contributed by atoms with Gasteiger partial charge in [0.25, 0.3) is 0 Å². The average molecular weight is 221 g/mol. The van der Waals surface area contributed by atoms with Crippen LogP contribution in [-0.2, 0) is 4.79 Å². The van der Waals surface area contributed by atoms with Crippen LogP contribution in [0.2, 0.25) is 0 Å². The number of hydrogen-bond acceptors (Lipinski definition) is 4. The number of anilines is 1. The van der Waals surface area contributed by atoms with Crippen molar-refractivity contribution in [3.8, 4) is 0 Å². The molecule has 0 bridgehead atoms. The number of piperidine rings is 1. The molecule has 0 unspecified atom stereocenters. The molecule has 5 heteroatoms. The number of hydrogen-bond donors (Lipinski definition) is 1. The molecule has 1 saturated heterocycles. The zero-order valence-corrected chi connectivity index (χ0v) is 9.26. The molecule has 0 aromatic carbocycles. The van der Waals surface area contributed by atoms with Crippen LogP contribution in [0.3, 0.4) is 0 Å². The maximum absolute atomic E-state index is 11.1. The summed E-state index contributed by atoms with van der Waals surface area (Å²) in [6.07, 6.45) is 4.30. The van der Waals surface area contributed by atoms with Gasteiger partial charge in [-0.2, -0.15) is 0 Å². The maximum Gasteiger partial charge on any atom is 0.326 e. The number of aromatic nitrogens is 2. The summed E-state index contributed by atoms with van der Waals surface area (Å²) in [5, 5.41) is 9.14. The molecule has 16 heavy (non-hydrogen) atoms. The van der Waals surface area contributed by atoms with Crippen molar-refractivity contribution in [2.45, 2.75) is 32.2 Å². The van der Waals surface area contributed by atoms with Gasteiger partial charge in [-0.1, -0.05) is 0 Å². The molecule has 1 N–H and O–H groups in total. The molecular formula is C11H15N3O2. The quantitative estimate of drug-likeness (QED) is 0.813. The van der Waals surface area contributed by atoms with Crippen molar-refractivity contribution in [1.82, 2.24) is 9.97 Å². The maximum atomic E-state index is 11.1. The average Bonchev–Trinajstić information content (AvgIpc) is 2.29. The van der Waals surface area contributed by atoms with Gasteiger partial charge in [0, 0.05) is 18.4 Å². The summed E-state index contributed by atoms with van der Waals surface area (Å²) in [6.45, 7) is 2.60. The normalized spacial score (nSPS) is 20.8. The van der Waals surface area contributed by atoms with E-state index in [2.05, 4.69) is 9.97 Å². The lowest BCUT2D eigenvalue weighted by atomic mass is 10.0. The van der Waals surface area contributed by atoms with Gasteiger partial charge in [0.1, 0.15) is 6.04 Å². The van der Waals surface area contributed by atoms with Gasteiger partial charge in [-0.25, -0.2) is 14.8 Å². The molecular weight excluding hydrogens is 206 g/mol. The first kappa shape index (κ1) is 10.9. The molecule has 0 amide bonds. The minimum atomic E-state index is -0.787. The third kappa shape index (κ3) is 2.13. The predicted molar refractivity (Wildman–Crippen MR) is 59.4 cm³/mol. The number of carbonyl (C=O) groups is 1. The van der Waals surface area contributed by atoms with Crippen molar-refractivity contribution < 1.29 is 9.90 Å². The monoisotopic (exact) mass is 221 g/mol. The van der Waals surface area contributed by atoms with Gasteiger partial charge in [0.05, 0.1) is 0 Å². The molecule has 0 radical (unpaired) electrons. The van der Waals surface area contributed by atoms with Gasteiger partial charge in [-0.3, -0.25) is 0 Å². The van der Waals surface area contributed by atoms with Crippen LogP contribution >= 0.6 is 0 Å². The highest BCUT2D eigenvalue weighted by atomic mass is 16.4. The molecule has 0 spiro atoms. The van der Waals surface area contributed by atoms with E-state index in [9.17, 15) is 4.79 Å². The van der Waals surface area contributed by atoms with Crippen molar-refractivity contribution >= 4 is 11.9 Å². The summed E-state index contributed by atoms with van der Waals surface area (Å²) in [5.41, 5.74) is 0.861. The Bertz CT molecular complexity index is 395. The molecule has 1 aromatic heterocycles. The van der Waals surface area contributed by atoms with E-state index in [4.69, 9.17) is 5.11 Å². The van der Waals surface area contributed by atoms with E-state index < -0.39 is 12.0 Å². The second kappa shape index (κ2) is 4.47. The third-order valence-corrected chi connectivity index (χ3v) is 2.83. The van der Waals surface area contributed by atoms with E-state index in [1.165, 1.54) is 0 Å². The highest BCUT2D eigenvalue weighted by Crippen LogP contribution is 2.21. The lowest BCUT2D eigenvalue weighted by Gasteiger charge is -2.32. The SMILES string of the molecule is Cc1ccnc(N2CCCC[C@@H]2C(=O)O)n1. The van der Waals surface area contributed by atoms with E-state index in [-0.39, 0.29) is 0 Å². The second-order valence-electron chi connectivity index (χ2n) is 4.04. The smallest absolute Gasteiger partial charge is 0.326 e. The van der Waals surface area contributed by atoms with Crippen LogP contribution in [0.1, 0.15) is 25.0 Å². The fraction of sp³-hybridized carbons (Fsp3) is 0.545. The summed E-state index contributed by atoms with van der Waals surface area (Å²) in [4.78, 5) is 21.3. The zero-order valence-electron chi connectivity index (χ0n) is 9.26. The zero-order chi connectivity index (χ0) is 11.5. The molecule has 2 rings (SSSR count). The molecule has 1 aliphatic heterocycles. The van der Waals surface area contributed by atoms with E-state index in [1.807, 2.05) is 13.0 Å². The molecule has 0 aliphatic carbocycles. The summed E-state index contributed by atoms with van der Waals surface area (Å²) in [7, 11) is 0. The first-order chi connectivity index (χ1) is 7.68. The number of rotatable bonds is 2. The van der Waals surface area contributed by atoms with Crippen LogP contribution in [0.4, 0.5) is 5.95 Å². The van der Waals surface area contributed by atoms with Crippen LogP contribution in [0.25, 0.3) is 0 Å². The molecule has 1 aromatic rings. The van der Waals surface area contributed by atoms with Crippen molar-refractivity contribution in [3.05, 3.63) is 18.0 Å². The molecule has 0 saturated carbocycles.